The zero-order valence-corrected chi connectivity index (χ0v) is 13.7. The Morgan fingerprint density at radius 3 is 2.53 bits per heavy atom. The summed E-state index contributed by atoms with van der Waals surface area (Å²) in [6.07, 6.45) is 6.83. The molecule has 1 saturated carbocycles. The quantitative estimate of drug-likeness (QED) is 0.835. The van der Waals surface area contributed by atoms with Crippen LogP contribution in [0.25, 0.3) is 0 Å². The molecular formula is C17H34N2. The van der Waals surface area contributed by atoms with Crippen LogP contribution >= 0.6 is 0 Å². The number of hydrogen-bond donors (Lipinski definition) is 1. The number of nitrogens with zero attached hydrogens (tertiary/aromatic N) is 1. The van der Waals surface area contributed by atoms with Crippen LogP contribution in [0.15, 0.2) is 0 Å². The van der Waals surface area contributed by atoms with E-state index < -0.39 is 0 Å². The van der Waals surface area contributed by atoms with Crippen molar-refractivity contribution < 1.29 is 0 Å². The number of hydrogen-bond acceptors (Lipinski definition) is 2. The van der Waals surface area contributed by atoms with Crippen LogP contribution < -0.4 is 5.32 Å². The lowest BCUT2D eigenvalue weighted by molar-refractivity contribution is 0.0108. The minimum atomic E-state index is 0.525. The van der Waals surface area contributed by atoms with Crippen molar-refractivity contribution in [2.45, 2.75) is 84.8 Å². The predicted molar refractivity (Wildman–Crippen MR) is 83.5 cm³/mol. The second-order valence-corrected chi connectivity index (χ2v) is 7.58. The summed E-state index contributed by atoms with van der Waals surface area (Å²) in [5.41, 5.74) is 0.525. The molecule has 4 atom stereocenters. The summed E-state index contributed by atoms with van der Waals surface area (Å²) in [5, 5.41) is 3.76. The average Bonchev–Trinajstić information content (AvgIpc) is 2.71. The zero-order valence-electron chi connectivity index (χ0n) is 13.7. The van der Waals surface area contributed by atoms with E-state index in [4.69, 9.17) is 0 Å². The Hall–Kier alpha value is -0.0800. The first kappa shape index (κ1) is 15.3. The summed E-state index contributed by atoms with van der Waals surface area (Å²) in [5.74, 6) is 0.775. The Morgan fingerprint density at radius 1 is 1.21 bits per heavy atom. The molecule has 2 aliphatic rings. The van der Waals surface area contributed by atoms with Gasteiger partial charge in [-0.1, -0.05) is 34.1 Å². The molecule has 0 bridgehead atoms. The molecule has 1 N–H and O–H groups in total. The predicted octanol–water partition coefficient (Wildman–Crippen LogP) is 3.66. The van der Waals surface area contributed by atoms with Crippen molar-refractivity contribution in [1.29, 1.82) is 0 Å². The second-order valence-electron chi connectivity index (χ2n) is 7.58. The fourth-order valence-corrected chi connectivity index (χ4v) is 4.37. The van der Waals surface area contributed by atoms with E-state index in [0.29, 0.717) is 5.41 Å². The van der Waals surface area contributed by atoms with Crippen LogP contribution in [0.1, 0.15) is 66.7 Å². The summed E-state index contributed by atoms with van der Waals surface area (Å²) in [4.78, 5) is 2.84. The maximum absolute atomic E-state index is 3.76. The van der Waals surface area contributed by atoms with Crippen LogP contribution in [0, 0.1) is 11.3 Å². The second kappa shape index (κ2) is 6.13. The van der Waals surface area contributed by atoms with E-state index in [-0.39, 0.29) is 0 Å². The minimum absolute atomic E-state index is 0.525. The van der Waals surface area contributed by atoms with Gasteiger partial charge in [0.05, 0.1) is 0 Å². The van der Waals surface area contributed by atoms with Gasteiger partial charge in [0.1, 0.15) is 0 Å². The van der Waals surface area contributed by atoms with Gasteiger partial charge in [0.15, 0.2) is 0 Å². The van der Waals surface area contributed by atoms with Gasteiger partial charge in [-0.15, -0.1) is 0 Å². The normalized spacial score (nSPS) is 39.6. The molecule has 1 heterocycles. The maximum atomic E-state index is 3.76. The van der Waals surface area contributed by atoms with Crippen molar-refractivity contribution in [2.24, 2.45) is 11.3 Å². The van der Waals surface area contributed by atoms with Crippen LogP contribution in [-0.2, 0) is 0 Å². The Bertz CT molecular complexity index is 287. The lowest BCUT2D eigenvalue weighted by Crippen LogP contribution is -2.58. The van der Waals surface area contributed by atoms with Crippen LogP contribution in [0.4, 0.5) is 0 Å². The van der Waals surface area contributed by atoms with Crippen molar-refractivity contribution in [2.75, 3.05) is 13.1 Å². The molecule has 0 radical (unpaired) electrons. The van der Waals surface area contributed by atoms with Gasteiger partial charge in [0, 0.05) is 24.7 Å². The molecule has 0 amide bonds. The van der Waals surface area contributed by atoms with Crippen LogP contribution in [0.2, 0.25) is 0 Å². The van der Waals surface area contributed by atoms with Gasteiger partial charge >= 0.3 is 0 Å². The maximum Gasteiger partial charge on any atom is 0.0149 e. The third-order valence-corrected chi connectivity index (χ3v) is 5.87. The van der Waals surface area contributed by atoms with E-state index in [1.165, 1.54) is 45.2 Å². The van der Waals surface area contributed by atoms with Gasteiger partial charge in [-0.25, -0.2) is 0 Å². The van der Waals surface area contributed by atoms with Crippen LogP contribution in [-0.4, -0.2) is 36.1 Å². The number of nitrogens with one attached hydrogen (secondary N) is 1. The van der Waals surface area contributed by atoms with E-state index in [1.807, 2.05) is 0 Å². The third-order valence-electron chi connectivity index (χ3n) is 5.87. The van der Waals surface area contributed by atoms with Gasteiger partial charge in [0.25, 0.3) is 0 Å². The van der Waals surface area contributed by atoms with E-state index in [2.05, 4.69) is 44.8 Å². The molecule has 1 saturated heterocycles. The number of rotatable bonds is 4. The topological polar surface area (TPSA) is 15.3 Å². The Balaban J connectivity index is 1.98. The molecule has 2 nitrogen and oxygen atoms in total. The van der Waals surface area contributed by atoms with Gasteiger partial charge in [0.2, 0.25) is 0 Å². The van der Waals surface area contributed by atoms with Gasteiger partial charge in [-0.05, 0) is 50.5 Å². The number of piperidine rings is 1. The molecule has 0 aromatic rings. The van der Waals surface area contributed by atoms with E-state index in [0.717, 1.165) is 24.0 Å². The lowest BCUT2D eigenvalue weighted by Gasteiger charge is -2.49. The smallest absolute Gasteiger partial charge is 0.0149 e. The molecule has 2 fully saturated rings. The van der Waals surface area contributed by atoms with E-state index in [1.54, 1.807) is 0 Å². The largest absolute Gasteiger partial charge is 0.314 e. The van der Waals surface area contributed by atoms with E-state index in [9.17, 15) is 0 Å². The van der Waals surface area contributed by atoms with Crippen molar-refractivity contribution in [3.8, 4) is 0 Å². The SMILES string of the molecule is CCCNC1CCN(C2CCCC2(C)C)C(C)C1C. The fourth-order valence-electron chi connectivity index (χ4n) is 4.37. The summed E-state index contributed by atoms with van der Waals surface area (Å²) >= 11 is 0. The molecule has 19 heavy (non-hydrogen) atoms. The Morgan fingerprint density at radius 2 is 1.95 bits per heavy atom. The molecular weight excluding hydrogens is 232 g/mol. The van der Waals surface area contributed by atoms with Gasteiger partial charge < -0.3 is 5.32 Å². The molecule has 1 aliphatic heterocycles. The molecule has 0 aromatic heterocycles. The van der Waals surface area contributed by atoms with Gasteiger partial charge in [-0.2, -0.15) is 0 Å². The first-order chi connectivity index (χ1) is 8.97. The zero-order chi connectivity index (χ0) is 14.0. The lowest BCUT2D eigenvalue weighted by atomic mass is 9.80. The summed E-state index contributed by atoms with van der Waals surface area (Å²) in [6.45, 7) is 14.6. The van der Waals surface area contributed by atoms with Crippen molar-refractivity contribution in [3.05, 3.63) is 0 Å². The first-order valence-corrected chi connectivity index (χ1v) is 8.46. The molecule has 1 aliphatic carbocycles. The minimum Gasteiger partial charge on any atom is -0.314 e. The van der Waals surface area contributed by atoms with Crippen molar-refractivity contribution >= 4 is 0 Å². The highest BCUT2D eigenvalue weighted by atomic mass is 15.2. The fraction of sp³-hybridized carbons (Fsp3) is 1.00. The summed E-state index contributed by atoms with van der Waals surface area (Å²) in [6, 6.07) is 2.28. The average molecular weight is 266 g/mol. The van der Waals surface area contributed by atoms with Crippen molar-refractivity contribution in [1.82, 2.24) is 10.2 Å². The third kappa shape index (κ3) is 3.16. The standard InChI is InChI=1S/C17H34N2/c1-6-11-18-15-9-12-19(14(3)13(15)2)16-8-7-10-17(16,4)5/h13-16,18H,6-12H2,1-5H3. The highest BCUT2D eigenvalue weighted by Gasteiger charge is 2.43. The number of likely N-dealkylation sites (tertiary alicyclic amines) is 1. The highest BCUT2D eigenvalue weighted by Crippen LogP contribution is 2.43. The Kier molecular flexibility index (Phi) is 4.94. The molecule has 4 unspecified atom stereocenters. The van der Waals surface area contributed by atoms with E-state index >= 15 is 0 Å². The molecule has 112 valence electrons. The Labute approximate surface area is 120 Å². The molecule has 0 spiro atoms. The van der Waals surface area contributed by atoms with Crippen molar-refractivity contribution in [3.63, 3.8) is 0 Å². The highest BCUT2D eigenvalue weighted by molar-refractivity contribution is 4.98. The molecule has 0 aromatic carbocycles. The molecule has 2 heteroatoms. The van der Waals surface area contributed by atoms with Crippen LogP contribution in [0.5, 0.6) is 0 Å². The molecule has 2 rings (SSSR count). The monoisotopic (exact) mass is 266 g/mol. The summed E-state index contributed by atoms with van der Waals surface area (Å²) in [7, 11) is 0. The van der Waals surface area contributed by atoms with Crippen LogP contribution in [0.3, 0.4) is 0 Å². The van der Waals surface area contributed by atoms with Gasteiger partial charge in [-0.3, -0.25) is 4.90 Å². The first-order valence-electron chi connectivity index (χ1n) is 8.46. The summed E-state index contributed by atoms with van der Waals surface area (Å²) < 4.78 is 0.